The molecular formula is C45H66ClN9O10. The van der Waals surface area contributed by atoms with E-state index >= 15 is 0 Å². The summed E-state index contributed by atoms with van der Waals surface area (Å²) < 4.78 is 60.4. The number of rotatable bonds is 31. The minimum atomic E-state index is -0.186. The molecule has 5 heterocycles. The first-order chi connectivity index (χ1) is 32.0. The molecule has 2 aliphatic heterocycles. The minimum absolute atomic E-state index is 0.186. The molecule has 4 aromatic rings. The summed E-state index contributed by atoms with van der Waals surface area (Å²) in [6.07, 6.45) is 15.4. The Hall–Kier alpha value is -4.02. The summed E-state index contributed by atoms with van der Waals surface area (Å²) in [7, 11) is 1.65. The van der Waals surface area contributed by atoms with Crippen molar-refractivity contribution in [1.29, 1.82) is 0 Å². The number of nitrogens with zero attached hydrogens (tertiary/aromatic N) is 8. The van der Waals surface area contributed by atoms with Crippen LogP contribution in [0, 0.1) is 0 Å². The first-order valence-corrected chi connectivity index (χ1v) is 23.3. The summed E-state index contributed by atoms with van der Waals surface area (Å²) in [5, 5.41) is 13.0. The van der Waals surface area contributed by atoms with Crippen molar-refractivity contribution in [2.45, 2.75) is 82.3 Å². The van der Waals surface area contributed by atoms with E-state index in [9.17, 15) is 0 Å². The zero-order valence-electron chi connectivity index (χ0n) is 37.8. The smallest absolute Gasteiger partial charge is 0.257 e. The van der Waals surface area contributed by atoms with Gasteiger partial charge < -0.3 is 52.7 Å². The SMILES string of the molecule is COCCOCCOCCOCCOCCOCCOCCOc1nn(C2CCC(N3[C@@H]4CC[C@H]3COC4)CC2)cc1Nc1ncc(-c2ccc(Cl)c(O[C@@H](C)Cn3cncn3)c2)cn1. The largest absolute Gasteiger partial charge is 0.487 e. The molecule has 2 bridgehead atoms. The highest BCUT2D eigenvalue weighted by molar-refractivity contribution is 6.32. The molecule has 0 unspecified atom stereocenters. The lowest BCUT2D eigenvalue weighted by molar-refractivity contribution is -0.0458. The van der Waals surface area contributed by atoms with Gasteiger partial charge in [0.15, 0.2) is 0 Å². The van der Waals surface area contributed by atoms with Crippen molar-refractivity contribution < 1.29 is 47.4 Å². The number of morpholine rings is 1. The van der Waals surface area contributed by atoms with Crippen molar-refractivity contribution in [3.8, 4) is 22.8 Å². The monoisotopic (exact) mass is 927 g/mol. The molecule has 358 valence electrons. The van der Waals surface area contributed by atoms with Gasteiger partial charge >= 0.3 is 0 Å². The Kier molecular flexibility index (Phi) is 20.3. The fourth-order valence-corrected chi connectivity index (χ4v) is 8.61. The Morgan fingerprint density at radius 1 is 0.723 bits per heavy atom. The van der Waals surface area contributed by atoms with Crippen LogP contribution in [0.1, 0.15) is 51.5 Å². The minimum Gasteiger partial charge on any atom is -0.487 e. The van der Waals surface area contributed by atoms with Crippen LogP contribution in [0.4, 0.5) is 11.6 Å². The van der Waals surface area contributed by atoms with Gasteiger partial charge in [0.05, 0.1) is 123 Å². The van der Waals surface area contributed by atoms with Crippen LogP contribution >= 0.6 is 11.6 Å². The topological polar surface area (TPSA) is 182 Å². The first-order valence-electron chi connectivity index (χ1n) is 22.9. The number of nitrogens with one attached hydrogen (secondary N) is 1. The number of ether oxygens (including phenoxy) is 10. The van der Waals surface area contributed by atoms with Crippen LogP contribution < -0.4 is 14.8 Å². The second-order valence-electron chi connectivity index (χ2n) is 16.3. The average Bonchev–Trinajstić information content (AvgIpc) is 4.05. The van der Waals surface area contributed by atoms with E-state index < -0.39 is 0 Å². The molecule has 0 amide bonds. The molecule has 7 rings (SSSR count). The van der Waals surface area contributed by atoms with E-state index in [1.165, 1.54) is 19.2 Å². The lowest BCUT2D eigenvalue weighted by atomic mass is 9.89. The van der Waals surface area contributed by atoms with E-state index in [1.807, 2.05) is 31.3 Å². The number of methoxy groups -OCH3 is 1. The molecule has 0 spiro atoms. The Balaban J connectivity index is 0.845. The van der Waals surface area contributed by atoms with E-state index in [4.69, 9.17) is 64.1 Å². The molecule has 1 aliphatic carbocycles. The summed E-state index contributed by atoms with van der Waals surface area (Å²) in [6.45, 7) is 11.0. The van der Waals surface area contributed by atoms with Gasteiger partial charge in [-0.05, 0) is 63.1 Å². The van der Waals surface area contributed by atoms with Crippen molar-refractivity contribution in [1.82, 2.24) is 39.4 Å². The van der Waals surface area contributed by atoms with Gasteiger partial charge in [-0.15, -0.1) is 5.10 Å². The van der Waals surface area contributed by atoms with Gasteiger partial charge in [0.2, 0.25) is 5.95 Å². The molecule has 3 atom stereocenters. The zero-order chi connectivity index (χ0) is 44.9. The summed E-state index contributed by atoms with van der Waals surface area (Å²) >= 11 is 6.52. The highest BCUT2D eigenvalue weighted by Crippen LogP contribution is 2.40. The fourth-order valence-electron chi connectivity index (χ4n) is 8.45. The van der Waals surface area contributed by atoms with Crippen molar-refractivity contribution >= 4 is 23.2 Å². The lowest BCUT2D eigenvalue weighted by Crippen LogP contribution is -2.52. The van der Waals surface area contributed by atoms with E-state index in [0.717, 1.165) is 50.0 Å². The predicted octanol–water partition coefficient (Wildman–Crippen LogP) is 5.27. The van der Waals surface area contributed by atoms with E-state index in [0.29, 0.717) is 145 Å². The normalized spacial score (nSPS) is 20.3. The van der Waals surface area contributed by atoms with Gasteiger partial charge in [0.25, 0.3) is 5.88 Å². The molecule has 3 aliphatic rings. The van der Waals surface area contributed by atoms with Crippen LogP contribution in [0.2, 0.25) is 5.02 Å². The number of halogens is 1. The number of anilines is 2. The molecule has 1 saturated carbocycles. The third-order valence-electron chi connectivity index (χ3n) is 11.6. The molecule has 3 fully saturated rings. The Labute approximate surface area is 386 Å². The second-order valence-corrected chi connectivity index (χ2v) is 16.7. The molecule has 0 radical (unpaired) electrons. The number of hydrogen-bond acceptors (Lipinski definition) is 17. The third kappa shape index (κ3) is 15.5. The molecule has 19 nitrogen and oxygen atoms in total. The number of aromatic nitrogens is 7. The van der Waals surface area contributed by atoms with E-state index in [-0.39, 0.29) is 12.1 Å². The fraction of sp³-hybridized carbons (Fsp3) is 0.667. The quantitative estimate of drug-likeness (QED) is 0.0644. The maximum atomic E-state index is 6.52. The van der Waals surface area contributed by atoms with Crippen molar-refractivity contribution in [2.24, 2.45) is 0 Å². The van der Waals surface area contributed by atoms with Crippen LogP contribution in [-0.2, 0) is 44.4 Å². The highest BCUT2D eigenvalue weighted by atomic mass is 35.5. The molecule has 20 heteroatoms. The number of fused-ring (bicyclic) bond motifs is 2. The summed E-state index contributed by atoms with van der Waals surface area (Å²) in [5.41, 5.74) is 2.37. The number of hydrogen-bond donors (Lipinski definition) is 1. The van der Waals surface area contributed by atoms with Crippen molar-refractivity contribution in [3.05, 3.63) is 54.5 Å². The Bertz CT molecular complexity index is 1910. The first kappa shape index (κ1) is 48.9. The van der Waals surface area contributed by atoms with Crippen LogP contribution in [0.15, 0.2) is 49.4 Å². The van der Waals surface area contributed by atoms with Crippen LogP contribution in [0.3, 0.4) is 0 Å². The lowest BCUT2D eigenvalue weighted by Gasteiger charge is -2.43. The molecule has 3 aromatic heterocycles. The maximum absolute atomic E-state index is 6.52. The van der Waals surface area contributed by atoms with Crippen LogP contribution in [0.5, 0.6) is 11.6 Å². The van der Waals surface area contributed by atoms with Gasteiger partial charge in [-0.25, -0.2) is 19.6 Å². The molecule has 65 heavy (non-hydrogen) atoms. The Morgan fingerprint density at radius 3 is 1.88 bits per heavy atom. The zero-order valence-corrected chi connectivity index (χ0v) is 38.6. The van der Waals surface area contributed by atoms with Crippen LogP contribution in [-0.4, -0.2) is 176 Å². The second kappa shape index (κ2) is 27.0. The van der Waals surface area contributed by atoms with Gasteiger partial charge in [-0.2, -0.15) is 5.10 Å². The number of benzene rings is 1. The standard InChI is InChI=1S/C45H66ClN9O10/c1-34(28-53-33-47-32-50-53)65-43-25-35(3-10-41(43)46)36-26-48-45(49-27-36)51-42-29-54(37-4-6-38(7-5-37)55-39-8-9-40(55)31-63-30-39)52-44(42)64-24-23-62-22-21-61-20-19-60-18-17-59-16-15-58-14-13-57-12-11-56-2/h3,10,25-27,29,32-34,37-40H,4-9,11-24,28,30-31H2,1-2H3,(H,48,49,51)/t34-,37?,38?,39-,40+/m0/s1. The van der Waals surface area contributed by atoms with Crippen LogP contribution in [0.25, 0.3) is 11.1 Å². The van der Waals surface area contributed by atoms with Crippen molar-refractivity contribution in [3.63, 3.8) is 0 Å². The average molecular weight is 929 g/mol. The summed E-state index contributed by atoms with van der Waals surface area (Å²) in [5.74, 6) is 1.46. The van der Waals surface area contributed by atoms with Gasteiger partial charge in [0.1, 0.15) is 36.8 Å². The van der Waals surface area contributed by atoms with Gasteiger partial charge in [-0.1, -0.05) is 17.7 Å². The van der Waals surface area contributed by atoms with Gasteiger partial charge in [0, 0.05) is 43.2 Å². The van der Waals surface area contributed by atoms with Crippen molar-refractivity contribution in [2.75, 3.05) is 118 Å². The van der Waals surface area contributed by atoms with E-state index in [1.54, 1.807) is 30.5 Å². The maximum Gasteiger partial charge on any atom is 0.257 e. The molecule has 2 saturated heterocycles. The summed E-state index contributed by atoms with van der Waals surface area (Å²) in [6, 6.07) is 7.62. The Morgan fingerprint density at radius 2 is 1.29 bits per heavy atom. The third-order valence-corrected chi connectivity index (χ3v) is 11.9. The molecule has 1 N–H and O–H groups in total. The summed E-state index contributed by atoms with van der Waals surface area (Å²) in [4.78, 5) is 16.1. The van der Waals surface area contributed by atoms with Gasteiger partial charge in [-0.3, -0.25) is 9.58 Å². The van der Waals surface area contributed by atoms with E-state index in [2.05, 4.69) is 34.9 Å². The highest BCUT2D eigenvalue weighted by Gasteiger charge is 2.42. The molecular weight excluding hydrogens is 862 g/mol. The predicted molar refractivity (Wildman–Crippen MR) is 241 cm³/mol. The molecule has 1 aromatic carbocycles.